The molecule has 2 aromatic carbocycles. The minimum Gasteiger partial charge on any atom is -0.507 e. The first kappa shape index (κ1) is 26.1. The van der Waals surface area contributed by atoms with Crippen LogP contribution in [-0.4, -0.2) is 41.5 Å². The lowest BCUT2D eigenvalue weighted by Crippen LogP contribution is -2.29. The topological polar surface area (TPSA) is 106 Å². The van der Waals surface area contributed by atoms with E-state index in [4.69, 9.17) is 21.1 Å². The van der Waals surface area contributed by atoms with Gasteiger partial charge in [-0.25, -0.2) is 9.78 Å². The third-order valence-corrected chi connectivity index (χ3v) is 7.15. The van der Waals surface area contributed by atoms with Crippen molar-refractivity contribution in [2.75, 3.05) is 18.6 Å². The number of carbonyl (C=O) groups is 3. The van der Waals surface area contributed by atoms with Crippen LogP contribution in [0.15, 0.2) is 60.7 Å². The molecule has 1 aliphatic heterocycles. The molecule has 1 amide bonds. The highest BCUT2D eigenvalue weighted by atomic mass is 35.5. The Morgan fingerprint density at radius 1 is 1.24 bits per heavy atom. The molecule has 0 saturated carbocycles. The van der Waals surface area contributed by atoms with Gasteiger partial charge in [0.05, 0.1) is 24.4 Å². The number of hydrogen-bond acceptors (Lipinski definition) is 8. The molecule has 3 aromatic rings. The highest BCUT2D eigenvalue weighted by molar-refractivity contribution is 7.17. The number of Topliss-reactive ketones (excluding diaryl/α,β-unsaturated/α-hetero) is 1. The Labute approximate surface area is 222 Å². The van der Waals surface area contributed by atoms with Gasteiger partial charge in [-0.1, -0.05) is 47.7 Å². The predicted molar refractivity (Wildman–Crippen MR) is 141 cm³/mol. The second-order valence-corrected chi connectivity index (χ2v) is 9.62. The normalized spacial score (nSPS) is 16.6. The summed E-state index contributed by atoms with van der Waals surface area (Å²) in [5, 5.41) is 11.9. The van der Waals surface area contributed by atoms with E-state index in [1.807, 2.05) is 0 Å². The van der Waals surface area contributed by atoms with Crippen LogP contribution < -0.4 is 9.64 Å². The fourth-order valence-electron chi connectivity index (χ4n) is 4.05. The summed E-state index contributed by atoms with van der Waals surface area (Å²) in [6, 6.07) is 10.5. The van der Waals surface area contributed by atoms with E-state index in [-0.39, 0.29) is 21.3 Å². The van der Waals surface area contributed by atoms with Gasteiger partial charge in [-0.3, -0.25) is 14.5 Å². The molecular weight excluding hydrogens is 516 g/mol. The number of hydrogen-bond donors (Lipinski definition) is 1. The molecule has 0 aliphatic carbocycles. The van der Waals surface area contributed by atoms with Gasteiger partial charge < -0.3 is 14.6 Å². The monoisotopic (exact) mass is 538 g/mol. The molecule has 8 nitrogen and oxygen atoms in total. The van der Waals surface area contributed by atoms with Crippen LogP contribution in [0.25, 0.3) is 5.76 Å². The number of ether oxygens (including phenoxy) is 2. The molecular formula is C27H23ClN2O6S. The number of methoxy groups -OCH3 is 1. The number of anilines is 1. The third kappa shape index (κ3) is 4.87. The van der Waals surface area contributed by atoms with Crippen LogP contribution in [0.3, 0.4) is 0 Å². The van der Waals surface area contributed by atoms with Gasteiger partial charge in [0.15, 0.2) is 5.13 Å². The fourth-order valence-corrected chi connectivity index (χ4v) is 5.26. The van der Waals surface area contributed by atoms with Crippen LogP contribution in [-0.2, 0) is 14.3 Å². The Morgan fingerprint density at radius 2 is 2.00 bits per heavy atom. The molecule has 37 heavy (non-hydrogen) atoms. The lowest BCUT2D eigenvalue weighted by molar-refractivity contribution is -0.132. The van der Waals surface area contributed by atoms with E-state index in [9.17, 15) is 19.5 Å². The summed E-state index contributed by atoms with van der Waals surface area (Å²) >= 11 is 7.17. The van der Waals surface area contributed by atoms with Gasteiger partial charge >= 0.3 is 11.9 Å². The van der Waals surface area contributed by atoms with Crippen LogP contribution in [0.1, 0.15) is 38.1 Å². The number of aliphatic hydroxyl groups excluding tert-OH is 1. The van der Waals surface area contributed by atoms with Gasteiger partial charge in [0.2, 0.25) is 0 Å². The smallest absolute Gasteiger partial charge is 0.350 e. The number of esters is 1. The van der Waals surface area contributed by atoms with E-state index in [1.165, 1.54) is 12.0 Å². The Morgan fingerprint density at radius 3 is 2.65 bits per heavy atom. The molecule has 1 atom stereocenters. The highest BCUT2D eigenvalue weighted by Gasteiger charge is 2.48. The van der Waals surface area contributed by atoms with Crippen molar-refractivity contribution in [2.45, 2.75) is 19.9 Å². The van der Waals surface area contributed by atoms with Crippen molar-refractivity contribution in [3.05, 3.63) is 93.0 Å². The Hall–Kier alpha value is -3.95. The molecule has 1 unspecified atom stereocenters. The molecule has 190 valence electrons. The Balaban J connectivity index is 1.90. The number of benzene rings is 2. The van der Waals surface area contributed by atoms with E-state index in [2.05, 4.69) is 11.6 Å². The van der Waals surface area contributed by atoms with E-state index in [1.54, 1.807) is 62.4 Å². The number of aryl methyl sites for hydroxylation is 2. The summed E-state index contributed by atoms with van der Waals surface area (Å²) in [5.74, 6) is -2.15. The second kappa shape index (κ2) is 10.6. The number of aromatic nitrogens is 1. The quantitative estimate of drug-likeness (QED) is 0.141. The van der Waals surface area contributed by atoms with Gasteiger partial charge in [-0.2, -0.15) is 0 Å². The number of thiazole rings is 1. The van der Waals surface area contributed by atoms with Crippen LogP contribution in [0, 0.1) is 13.8 Å². The Kier molecular flexibility index (Phi) is 7.47. The molecule has 1 fully saturated rings. The van der Waals surface area contributed by atoms with Gasteiger partial charge in [0.1, 0.15) is 23.0 Å². The Bertz CT molecular complexity index is 1460. The second-order valence-electron chi connectivity index (χ2n) is 8.21. The van der Waals surface area contributed by atoms with Gasteiger partial charge in [0.25, 0.3) is 5.78 Å². The largest absolute Gasteiger partial charge is 0.507 e. The number of halogens is 1. The third-order valence-electron chi connectivity index (χ3n) is 5.78. The summed E-state index contributed by atoms with van der Waals surface area (Å²) in [5.41, 5.74) is 1.77. The molecule has 1 N–H and O–H groups in total. The van der Waals surface area contributed by atoms with Gasteiger partial charge in [-0.15, -0.1) is 0 Å². The van der Waals surface area contributed by atoms with Gasteiger partial charge in [-0.05, 0) is 55.3 Å². The number of rotatable bonds is 7. The highest BCUT2D eigenvalue weighted by Crippen LogP contribution is 2.44. The summed E-state index contributed by atoms with van der Waals surface area (Å²) in [6.45, 7) is 7.35. The van der Waals surface area contributed by atoms with Crippen molar-refractivity contribution in [3.8, 4) is 5.75 Å². The molecule has 0 radical (unpaired) electrons. The minimum atomic E-state index is -1.04. The molecule has 1 saturated heterocycles. The standard InChI is InChI=1S/C27H23ClN2O6S/c1-5-11-36-19-10-9-17(12-14(19)2)22(31)20-21(16-7-6-8-18(28)13-16)30(25(33)23(20)32)27-29-15(3)24(37-27)26(34)35-4/h5-10,12-13,21,31H,1,11H2,2-4H3/b22-20+. The molecule has 1 aliphatic rings. The zero-order valence-corrected chi connectivity index (χ0v) is 21.9. The van der Waals surface area contributed by atoms with Crippen LogP contribution >= 0.6 is 22.9 Å². The van der Waals surface area contributed by atoms with E-state index in [0.717, 1.165) is 16.9 Å². The molecule has 4 rings (SSSR count). The fraction of sp³-hybridized carbons (Fsp3) is 0.185. The van der Waals surface area contributed by atoms with E-state index < -0.39 is 23.7 Å². The maximum atomic E-state index is 13.4. The number of amides is 1. The number of aliphatic hydroxyl groups is 1. The lowest BCUT2D eigenvalue weighted by atomic mass is 9.95. The first-order chi connectivity index (χ1) is 17.7. The van der Waals surface area contributed by atoms with Crippen molar-refractivity contribution in [2.24, 2.45) is 0 Å². The summed E-state index contributed by atoms with van der Waals surface area (Å²) in [7, 11) is 1.25. The zero-order valence-electron chi connectivity index (χ0n) is 20.3. The molecule has 0 bridgehead atoms. The summed E-state index contributed by atoms with van der Waals surface area (Å²) in [4.78, 5) is 44.6. The van der Waals surface area contributed by atoms with Crippen molar-refractivity contribution < 1.29 is 29.0 Å². The van der Waals surface area contributed by atoms with Crippen LogP contribution in [0.2, 0.25) is 5.02 Å². The van der Waals surface area contributed by atoms with Crippen molar-refractivity contribution >= 4 is 51.5 Å². The average molecular weight is 539 g/mol. The van der Waals surface area contributed by atoms with Crippen molar-refractivity contribution in [1.82, 2.24) is 4.98 Å². The van der Waals surface area contributed by atoms with Crippen molar-refractivity contribution in [1.29, 1.82) is 0 Å². The minimum absolute atomic E-state index is 0.119. The summed E-state index contributed by atoms with van der Waals surface area (Å²) < 4.78 is 10.4. The van der Waals surface area contributed by atoms with E-state index in [0.29, 0.717) is 34.2 Å². The average Bonchev–Trinajstić information content (AvgIpc) is 3.39. The van der Waals surface area contributed by atoms with Crippen LogP contribution in [0.5, 0.6) is 5.75 Å². The van der Waals surface area contributed by atoms with E-state index >= 15 is 0 Å². The SMILES string of the molecule is C=CCOc1ccc(/C(O)=C2\C(=O)C(=O)N(c3nc(C)c(C(=O)OC)s3)C2c2cccc(Cl)c2)cc1C. The number of nitrogens with zero attached hydrogens (tertiary/aromatic N) is 2. The lowest BCUT2D eigenvalue weighted by Gasteiger charge is -2.23. The molecule has 2 heterocycles. The maximum absolute atomic E-state index is 13.4. The number of carbonyl (C=O) groups excluding carboxylic acids is 3. The zero-order chi connectivity index (χ0) is 26.9. The number of ketones is 1. The predicted octanol–water partition coefficient (Wildman–Crippen LogP) is 5.39. The first-order valence-corrected chi connectivity index (χ1v) is 12.3. The van der Waals surface area contributed by atoms with Gasteiger partial charge in [0, 0.05) is 10.6 Å². The molecule has 10 heteroatoms. The van der Waals surface area contributed by atoms with Crippen molar-refractivity contribution in [3.63, 3.8) is 0 Å². The molecule has 1 aromatic heterocycles. The first-order valence-electron chi connectivity index (χ1n) is 11.1. The maximum Gasteiger partial charge on any atom is 0.350 e. The van der Waals surface area contributed by atoms with Crippen LogP contribution in [0.4, 0.5) is 5.13 Å². The molecule has 0 spiro atoms. The summed E-state index contributed by atoms with van der Waals surface area (Å²) in [6.07, 6.45) is 1.62.